The third-order valence-corrected chi connectivity index (χ3v) is 2.94. The number of rotatable bonds is 6. The molecule has 0 radical (unpaired) electrons. The Hall–Kier alpha value is -1.14. The second kappa shape index (κ2) is 6.10. The molecule has 0 spiro atoms. The molecule has 0 saturated carbocycles. The summed E-state index contributed by atoms with van der Waals surface area (Å²) in [5.74, 6) is 0.515. The number of nitro benzene ring substituents is 1. The van der Waals surface area contributed by atoms with Crippen LogP contribution in [0.5, 0.6) is 5.75 Å². The highest BCUT2D eigenvalue weighted by molar-refractivity contribution is 9.10. The molecule has 1 rings (SSSR count). The lowest BCUT2D eigenvalue weighted by Gasteiger charge is -2.32. The summed E-state index contributed by atoms with van der Waals surface area (Å²) in [6.07, 6.45) is 0.755. The van der Waals surface area contributed by atoms with Crippen LogP contribution < -0.4 is 4.74 Å². The Morgan fingerprint density at radius 2 is 1.95 bits per heavy atom. The van der Waals surface area contributed by atoms with Gasteiger partial charge in [-0.05, 0) is 39.8 Å². The fraction of sp³-hybridized carbons (Fsp3) is 0.571. The van der Waals surface area contributed by atoms with Gasteiger partial charge in [0.25, 0.3) is 5.69 Å². The van der Waals surface area contributed by atoms with Crippen LogP contribution in [0, 0.1) is 10.1 Å². The summed E-state index contributed by atoms with van der Waals surface area (Å²) in [6.45, 7) is 7.62. The van der Waals surface area contributed by atoms with E-state index in [0.717, 1.165) is 6.42 Å². The van der Waals surface area contributed by atoms with E-state index in [4.69, 9.17) is 4.74 Å². The van der Waals surface area contributed by atoms with Gasteiger partial charge < -0.3 is 9.84 Å². The van der Waals surface area contributed by atoms with Crippen molar-refractivity contribution in [2.45, 2.75) is 50.6 Å². The third kappa shape index (κ3) is 5.09. The Labute approximate surface area is 127 Å². The molecule has 1 aromatic rings. The van der Waals surface area contributed by atoms with Crippen molar-refractivity contribution in [1.29, 1.82) is 0 Å². The zero-order chi connectivity index (χ0) is 15.6. The monoisotopic (exact) mass is 345 g/mol. The quantitative estimate of drug-likeness (QED) is 0.483. The lowest BCUT2D eigenvalue weighted by atomic mass is 9.96. The highest BCUT2D eigenvalue weighted by atomic mass is 79.9. The summed E-state index contributed by atoms with van der Waals surface area (Å²) in [5.41, 5.74) is -0.282. The highest BCUT2D eigenvalue weighted by Crippen LogP contribution is 2.32. The normalized spacial score (nSPS) is 12.3. The average molecular weight is 346 g/mol. The number of ether oxygens (including phenoxy) is 1. The summed E-state index contributed by atoms with van der Waals surface area (Å²) in [6, 6.07) is 4.43. The smallest absolute Gasteiger partial charge is 0.275 e. The van der Waals surface area contributed by atoms with Gasteiger partial charge in [0.1, 0.15) is 11.4 Å². The predicted molar refractivity (Wildman–Crippen MR) is 81.3 cm³/mol. The molecule has 0 atom stereocenters. The van der Waals surface area contributed by atoms with Crippen molar-refractivity contribution in [1.82, 2.24) is 0 Å². The minimum absolute atomic E-state index is 0.0723. The Morgan fingerprint density at radius 3 is 2.40 bits per heavy atom. The minimum Gasteiger partial charge on any atom is -0.488 e. The molecule has 0 amide bonds. The van der Waals surface area contributed by atoms with Crippen LogP contribution in [0.2, 0.25) is 0 Å². The molecule has 0 bridgehead atoms. The van der Waals surface area contributed by atoms with E-state index in [0.29, 0.717) is 5.75 Å². The van der Waals surface area contributed by atoms with E-state index < -0.39 is 17.1 Å². The van der Waals surface area contributed by atoms with Gasteiger partial charge in [0, 0.05) is 16.8 Å². The first-order chi connectivity index (χ1) is 9.04. The van der Waals surface area contributed by atoms with Gasteiger partial charge in [-0.3, -0.25) is 10.1 Å². The first-order valence-electron chi connectivity index (χ1n) is 6.30. The molecule has 0 aliphatic rings. The fourth-order valence-corrected chi connectivity index (χ4v) is 2.97. The van der Waals surface area contributed by atoms with E-state index in [2.05, 4.69) is 15.9 Å². The molecule has 6 heteroatoms. The molecule has 1 N–H and O–H groups in total. The molecule has 0 heterocycles. The average Bonchev–Trinajstić information content (AvgIpc) is 2.24. The molecule has 0 fully saturated rings. The van der Waals surface area contributed by atoms with Crippen molar-refractivity contribution in [3.05, 3.63) is 33.9 Å². The molecule has 0 saturated heterocycles. The lowest BCUT2D eigenvalue weighted by Crippen LogP contribution is -2.34. The van der Waals surface area contributed by atoms with Gasteiger partial charge in [-0.1, -0.05) is 15.9 Å². The van der Waals surface area contributed by atoms with Crippen molar-refractivity contribution < 1.29 is 14.8 Å². The van der Waals surface area contributed by atoms with Gasteiger partial charge in [-0.15, -0.1) is 0 Å². The van der Waals surface area contributed by atoms with Gasteiger partial charge in [0.05, 0.1) is 17.1 Å². The van der Waals surface area contributed by atoms with Crippen LogP contribution in [0.4, 0.5) is 5.69 Å². The first kappa shape index (κ1) is 16.9. The maximum atomic E-state index is 10.8. The molecule has 0 aromatic heterocycles. The standard InChI is InChI=1S/C14H20BrNO4/c1-13(2,15)9-14(3,4)20-11-5-6-12(16(18)19)10(7-11)8-17/h5-7,17H,8-9H2,1-4H3. The van der Waals surface area contributed by atoms with Gasteiger partial charge in [-0.25, -0.2) is 0 Å². The number of hydrogen-bond acceptors (Lipinski definition) is 4. The summed E-state index contributed by atoms with van der Waals surface area (Å²) < 4.78 is 5.82. The van der Waals surface area contributed by atoms with E-state index in [-0.39, 0.29) is 15.6 Å². The second-order valence-electron chi connectivity index (χ2n) is 5.96. The second-order valence-corrected chi connectivity index (χ2v) is 8.11. The molecule has 1 aromatic carbocycles. The van der Waals surface area contributed by atoms with E-state index in [9.17, 15) is 15.2 Å². The number of nitro groups is 1. The SMILES string of the molecule is CC(C)(Br)CC(C)(C)Oc1ccc([N+](=O)[O-])c(CO)c1. The molecule has 0 unspecified atom stereocenters. The number of hydrogen-bond donors (Lipinski definition) is 1. The maximum absolute atomic E-state index is 10.8. The molecule has 0 aliphatic heterocycles. The zero-order valence-electron chi connectivity index (χ0n) is 12.1. The van der Waals surface area contributed by atoms with Gasteiger partial charge in [-0.2, -0.15) is 0 Å². The number of aliphatic hydroxyl groups is 1. The van der Waals surface area contributed by atoms with Crippen molar-refractivity contribution in [2.24, 2.45) is 0 Å². The summed E-state index contributed by atoms with van der Waals surface area (Å²) in [4.78, 5) is 10.3. The molecular formula is C14H20BrNO4. The summed E-state index contributed by atoms with van der Waals surface area (Å²) in [5, 5.41) is 20.0. The Kier molecular flexibility index (Phi) is 5.15. The molecule has 0 aliphatic carbocycles. The van der Waals surface area contributed by atoms with E-state index >= 15 is 0 Å². The van der Waals surface area contributed by atoms with Crippen LogP contribution in [0.1, 0.15) is 39.7 Å². The predicted octanol–water partition coefficient (Wildman–Crippen LogP) is 3.81. The molecular weight excluding hydrogens is 326 g/mol. The van der Waals surface area contributed by atoms with Crippen LogP contribution >= 0.6 is 15.9 Å². The fourth-order valence-electron chi connectivity index (χ4n) is 2.30. The molecule has 112 valence electrons. The first-order valence-corrected chi connectivity index (χ1v) is 7.09. The van der Waals surface area contributed by atoms with Crippen LogP contribution in [-0.2, 0) is 6.61 Å². The third-order valence-electron chi connectivity index (χ3n) is 2.66. The van der Waals surface area contributed by atoms with Crippen LogP contribution in [0.3, 0.4) is 0 Å². The minimum atomic E-state index is -0.512. The van der Waals surface area contributed by atoms with Crippen molar-refractivity contribution in [3.8, 4) is 5.75 Å². The Balaban J connectivity index is 2.96. The topological polar surface area (TPSA) is 72.6 Å². The maximum Gasteiger partial charge on any atom is 0.275 e. The zero-order valence-corrected chi connectivity index (χ0v) is 13.7. The van der Waals surface area contributed by atoms with Gasteiger partial charge in [0.15, 0.2) is 0 Å². The number of halogens is 1. The van der Waals surface area contributed by atoms with E-state index in [1.165, 1.54) is 12.1 Å². The van der Waals surface area contributed by atoms with Crippen LogP contribution in [-0.4, -0.2) is 20.0 Å². The number of alkyl halides is 1. The van der Waals surface area contributed by atoms with Crippen molar-refractivity contribution in [3.63, 3.8) is 0 Å². The highest BCUT2D eigenvalue weighted by Gasteiger charge is 2.29. The van der Waals surface area contributed by atoms with E-state index in [1.807, 2.05) is 27.7 Å². The summed E-state index contributed by atoms with van der Waals surface area (Å²) >= 11 is 3.58. The number of benzene rings is 1. The molecule has 20 heavy (non-hydrogen) atoms. The van der Waals surface area contributed by atoms with Crippen molar-refractivity contribution in [2.75, 3.05) is 0 Å². The molecule has 5 nitrogen and oxygen atoms in total. The summed E-state index contributed by atoms with van der Waals surface area (Å²) in [7, 11) is 0. The Bertz CT molecular complexity index is 494. The largest absolute Gasteiger partial charge is 0.488 e. The van der Waals surface area contributed by atoms with E-state index in [1.54, 1.807) is 6.07 Å². The van der Waals surface area contributed by atoms with Crippen molar-refractivity contribution >= 4 is 21.6 Å². The van der Waals surface area contributed by atoms with Crippen LogP contribution in [0.25, 0.3) is 0 Å². The van der Waals surface area contributed by atoms with Gasteiger partial charge in [0.2, 0.25) is 0 Å². The Morgan fingerprint density at radius 1 is 1.35 bits per heavy atom. The number of nitrogens with zero attached hydrogens (tertiary/aromatic N) is 1. The van der Waals surface area contributed by atoms with Crippen LogP contribution in [0.15, 0.2) is 18.2 Å². The van der Waals surface area contributed by atoms with Gasteiger partial charge >= 0.3 is 0 Å². The number of aliphatic hydroxyl groups excluding tert-OH is 1. The lowest BCUT2D eigenvalue weighted by molar-refractivity contribution is -0.385.